The highest BCUT2D eigenvalue weighted by atomic mass is 16.5. The average Bonchev–Trinajstić information content (AvgIpc) is 2.17. The van der Waals surface area contributed by atoms with Crippen LogP contribution in [-0.4, -0.2) is 20.7 Å². The third-order valence-corrected chi connectivity index (χ3v) is 1.53. The summed E-state index contributed by atoms with van der Waals surface area (Å²) in [5, 5.41) is 34.9. The summed E-state index contributed by atoms with van der Waals surface area (Å²) in [6, 6.07) is 2.52. The van der Waals surface area contributed by atoms with Crippen molar-refractivity contribution in [3.05, 3.63) is 12.1 Å². The van der Waals surface area contributed by atoms with Crippen molar-refractivity contribution in [1.82, 2.24) is 0 Å². The first-order chi connectivity index (χ1) is 6.24. The highest BCUT2D eigenvalue weighted by Crippen LogP contribution is 2.36. The summed E-state index contributed by atoms with van der Waals surface area (Å²) in [6.45, 7) is 0. The Balaban J connectivity index is 3.27. The van der Waals surface area contributed by atoms with Gasteiger partial charge in [-0.2, -0.15) is 0 Å². The standard InChI is InChI=1S/C6H9N3O4/c10-4-2-1-3(7-11)5(8-12)6(4)9-13/h1-2,7-13H. The number of hydrogen-bond donors (Lipinski definition) is 7. The molecule has 7 heteroatoms. The lowest BCUT2D eigenvalue weighted by atomic mass is 10.2. The van der Waals surface area contributed by atoms with Gasteiger partial charge in [0.25, 0.3) is 0 Å². The normalized spacial score (nSPS) is 9.46. The molecule has 72 valence electrons. The van der Waals surface area contributed by atoms with Crippen LogP contribution in [0.1, 0.15) is 0 Å². The highest BCUT2D eigenvalue weighted by molar-refractivity contribution is 5.84. The largest absolute Gasteiger partial charge is 0.506 e. The molecule has 0 spiro atoms. The van der Waals surface area contributed by atoms with Gasteiger partial charge in [-0.25, -0.2) is 0 Å². The SMILES string of the molecule is ONc1ccc(O)c(NO)c1NO. The fourth-order valence-electron chi connectivity index (χ4n) is 0.914. The van der Waals surface area contributed by atoms with Gasteiger partial charge < -0.3 is 5.11 Å². The molecular weight excluding hydrogens is 178 g/mol. The van der Waals surface area contributed by atoms with Crippen molar-refractivity contribution < 1.29 is 20.7 Å². The first-order valence-electron chi connectivity index (χ1n) is 3.31. The summed E-state index contributed by atoms with van der Waals surface area (Å²) in [5.41, 5.74) is 5.00. The zero-order chi connectivity index (χ0) is 9.84. The van der Waals surface area contributed by atoms with Crippen LogP contribution >= 0.6 is 0 Å². The van der Waals surface area contributed by atoms with Crippen LogP contribution in [0.15, 0.2) is 12.1 Å². The number of anilines is 3. The van der Waals surface area contributed by atoms with Crippen molar-refractivity contribution in [3.8, 4) is 5.75 Å². The van der Waals surface area contributed by atoms with Crippen molar-refractivity contribution in [2.24, 2.45) is 0 Å². The molecule has 0 aliphatic heterocycles. The Hall–Kier alpha value is -1.70. The molecule has 0 heterocycles. The number of aromatic hydroxyl groups is 1. The minimum Gasteiger partial charge on any atom is -0.506 e. The Morgan fingerprint density at radius 1 is 0.846 bits per heavy atom. The molecule has 0 fully saturated rings. The molecule has 0 saturated heterocycles. The number of phenolic OH excluding ortho intramolecular Hbond substituents is 1. The Kier molecular flexibility index (Phi) is 2.75. The van der Waals surface area contributed by atoms with E-state index in [0.717, 1.165) is 0 Å². The maximum Gasteiger partial charge on any atom is 0.143 e. The van der Waals surface area contributed by atoms with E-state index in [1.165, 1.54) is 12.1 Å². The van der Waals surface area contributed by atoms with Crippen molar-refractivity contribution in [1.29, 1.82) is 0 Å². The number of phenols is 1. The van der Waals surface area contributed by atoms with Crippen LogP contribution in [0, 0.1) is 0 Å². The van der Waals surface area contributed by atoms with Crippen molar-refractivity contribution in [2.75, 3.05) is 16.4 Å². The second-order valence-corrected chi connectivity index (χ2v) is 2.22. The van der Waals surface area contributed by atoms with Gasteiger partial charge in [0.2, 0.25) is 0 Å². The summed E-state index contributed by atoms with van der Waals surface area (Å²) < 4.78 is 0. The van der Waals surface area contributed by atoms with E-state index in [9.17, 15) is 0 Å². The summed E-state index contributed by atoms with van der Waals surface area (Å²) in [7, 11) is 0. The fraction of sp³-hybridized carbons (Fsp3) is 0. The average molecular weight is 187 g/mol. The quantitative estimate of drug-likeness (QED) is 0.212. The van der Waals surface area contributed by atoms with Gasteiger partial charge in [0, 0.05) is 0 Å². The van der Waals surface area contributed by atoms with Crippen molar-refractivity contribution in [3.63, 3.8) is 0 Å². The van der Waals surface area contributed by atoms with Crippen LogP contribution in [0.4, 0.5) is 17.1 Å². The van der Waals surface area contributed by atoms with E-state index in [4.69, 9.17) is 20.7 Å². The lowest BCUT2D eigenvalue weighted by Crippen LogP contribution is -2.02. The van der Waals surface area contributed by atoms with Gasteiger partial charge in [-0.1, -0.05) is 0 Å². The number of rotatable bonds is 3. The monoisotopic (exact) mass is 187 g/mol. The maximum atomic E-state index is 9.16. The number of hydrogen-bond acceptors (Lipinski definition) is 7. The topological polar surface area (TPSA) is 117 Å². The van der Waals surface area contributed by atoms with E-state index in [0.29, 0.717) is 0 Å². The minimum atomic E-state index is -0.280. The minimum absolute atomic E-state index is 0.0787. The molecule has 0 unspecified atom stereocenters. The first-order valence-corrected chi connectivity index (χ1v) is 3.31. The summed E-state index contributed by atoms with van der Waals surface area (Å²) in [4.78, 5) is 0. The molecule has 0 saturated carbocycles. The Bertz CT molecular complexity index is 304. The lowest BCUT2D eigenvalue weighted by molar-refractivity contribution is 0.367. The summed E-state index contributed by atoms with van der Waals surface area (Å²) >= 11 is 0. The molecule has 1 aromatic rings. The van der Waals surface area contributed by atoms with E-state index in [1.54, 1.807) is 16.4 Å². The summed E-state index contributed by atoms with van der Waals surface area (Å²) in [6.07, 6.45) is 0. The smallest absolute Gasteiger partial charge is 0.143 e. The molecule has 0 bridgehead atoms. The molecule has 0 atom stereocenters. The molecule has 0 aromatic heterocycles. The number of nitrogens with one attached hydrogen (secondary N) is 3. The summed E-state index contributed by atoms with van der Waals surface area (Å²) in [5.74, 6) is -0.280. The number of benzene rings is 1. The zero-order valence-corrected chi connectivity index (χ0v) is 6.44. The van der Waals surface area contributed by atoms with E-state index in [1.807, 2.05) is 0 Å². The molecular formula is C6H9N3O4. The van der Waals surface area contributed by atoms with Crippen molar-refractivity contribution in [2.45, 2.75) is 0 Å². The molecule has 1 rings (SSSR count). The van der Waals surface area contributed by atoms with Gasteiger partial charge in [0.15, 0.2) is 0 Å². The second kappa shape index (κ2) is 3.81. The molecule has 0 aliphatic rings. The molecule has 1 aromatic carbocycles. The van der Waals surface area contributed by atoms with E-state index in [-0.39, 0.29) is 22.8 Å². The van der Waals surface area contributed by atoms with Crippen LogP contribution in [-0.2, 0) is 0 Å². The third kappa shape index (κ3) is 1.56. The second-order valence-electron chi connectivity index (χ2n) is 2.22. The van der Waals surface area contributed by atoms with E-state index >= 15 is 0 Å². The van der Waals surface area contributed by atoms with Crippen molar-refractivity contribution >= 4 is 17.1 Å². The van der Waals surface area contributed by atoms with Gasteiger partial charge in [-0.15, -0.1) is 0 Å². The Morgan fingerprint density at radius 3 is 1.92 bits per heavy atom. The third-order valence-electron chi connectivity index (χ3n) is 1.53. The van der Waals surface area contributed by atoms with Crippen LogP contribution in [0.25, 0.3) is 0 Å². The van der Waals surface area contributed by atoms with Crippen LogP contribution in [0.5, 0.6) is 5.75 Å². The molecule has 7 nitrogen and oxygen atoms in total. The molecule has 13 heavy (non-hydrogen) atoms. The Labute approximate surface area is 73.1 Å². The van der Waals surface area contributed by atoms with Gasteiger partial charge in [0.05, 0.1) is 5.69 Å². The van der Waals surface area contributed by atoms with Crippen LogP contribution in [0.3, 0.4) is 0 Å². The van der Waals surface area contributed by atoms with E-state index in [2.05, 4.69) is 0 Å². The molecule has 0 amide bonds. The predicted molar refractivity (Wildman–Crippen MR) is 44.3 cm³/mol. The highest BCUT2D eigenvalue weighted by Gasteiger charge is 2.11. The molecule has 7 N–H and O–H groups in total. The maximum absolute atomic E-state index is 9.16. The van der Waals surface area contributed by atoms with Gasteiger partial charge in [0.1, 0.15) is 17.1 Å². The lowest BCUT2D eigenvalue weighted by Gasteiger charge is -2.12. The fourth-order valence-corrected chi connectivity index (χ4v) is 0.914. The van der Waals surface area contributed by atoms with E-state index < -0.39 is 0 Å². The zero-order valence-electron chi connectivity index (χ0n) is 6.44. The Morgan fingerprint density at radius 2 is 1.46 bits per heavy atom. The molecule has 0 aliphatic carbocycles. The van der Waals surface area contributed by atoms with Gasteiger partial charge >= 0.3 is 0 Å². The predicted octanol–water partition coefficient (Wildman–Crippen LogP) is 0.795. The van der Waals surface area contributed by atoms with Crippen LogP contribution < -0.4 is 16.4 Å². The first kappa shape index (κ1) is 9.39. The van der Waals surface area contributed by atoms with Crippen LogP contribution in [0.2, 0.25) is 0 Å². The van der Waals surface area contributed by atoms with Gasteiger partial charge in [-0.3, -0.25) is 32.1 Å². The van der Waals surface area contributed by atoms with Gasteiger partial charge in [-0.05, 0) is 12.1 Å². The molecule has 0 radical (unpaired) electrons.